The van der Waals surface area contributed by atoms with E-state index < -0.39 is 0 Å². The van der Waals surface area contributed by atoms with Gasteiger partial charge in [-0.15, -0.1) is 0 Å². The number of fused-ring (bicyclic) bond motifs is 2. The summed E-state index contributed by atoms with van der Waals surface area (Å²) in [5, 5.41) is 12.3. The number of nitrogens with one attached hydrogen (secondary N) is 1. The highest BCUT2D eigenvalue weighted by Crippen LogP contribution is 2.33. The molecule has 0 aromatic rings. The monoisotopic (exact) mass is 281 g/mol. The molecule has 3 fully saturated rings. The fourth-order valence-electron chi connectivity index (χ4n) is 3.94. The first kappa shape index (κ1) is 14.1. The Morgan fingerprint density at radius 1 is 1.25 bits per heavy atom. The number of urea groups is 1. The van der Waals surface area contributed by atoms with Gasteiger partial charge < -0.3 is 20.2 Å². The Kier molecular flexibility index (Phi) is 4.17. The molecule has 20 heavy (non-hydrogen) atoms. The minimum Gasteiger partial charge on any atom is -0.395 e. The zero-order chi connectivity index (χ0) is 14.1. The number of hydrogen-bond donors (Lipinski definition) is 2. The van der Waals surface area contributed by atoms with E-state index in [4.69, 9.17) is 5.11 Å². The van der Waals surface area contributed by atoms with Crippen LogP contribution in [0.5, 0.6) is 0 Å². The first-order valence-corrected chi connectivity index (χ1v) is 8.09. The van der Waals surface area contributed by atoms with Crippen molar-refractivity contribution in [2.24, 2.45) is 0 Å². The molecule has 5 nitrogen and oxygen atoms in total. The smallest absolute Gasteiger partial charge is 0.317 e. The Bertz CT molecular complexity index is 345. The minimum atomic E-state index is 0.0363. The van der Waals surface area contributed by atoms with E-state index >= 15 is 0 Å². The van der Waals surface area contributed by atoms with E-state index in [0.717, 1.165) is 25.7 Å². The maximum absolute atomic E-state index is 12.4. The largest absolute Gasteiger partial charge is 0.395 e. The fraction of sp³-hybridized carbons (Fsp3) is 0.933. The molecule has 3 aliphatic rings. The van der Waals surface area contributed by atoms with Crippen molar-refractivity contribution < 1.29 is 9.90 Å². The summed E-state index contributed by atoms with van der Waals surface area (Å²) in [7, 11) is 2.23. The molecule has 114 valence electrons. The number of piperidine rings is 2. The summed E-state index contributed by atoms with van der Waals surface area (Å²) < 4.78 is 0. The highest BCUT2D eigenvalue weighted by atomic mass is 16.3. The van der Waals surface area contributed by atoms with Gasteiger partial charge in [0, 0.05) is 30.7 Å². The highest BCUT2D eigenvalue weighted by Gasteiger charge is 2.38. The SMILES string of the molecule is CN1C2CCCC1CC(NC(=O)N(CCO)C1CC1)C2. The molecular weight excluding hydrogens is 254 g/mol. The third kappa shape index (κ3) is 2.93. The van der Waals surface area contributed by atoms with Gasteiger partial charge in [0.25, 0.3) is 0 Å². The molecule has 5 heteroatoms. The van der Waals surface area contributed by atoms with Crippen molar-refractivity contribution in [2.75, 3.05) is 20.2 Å². The first-order chi connectivity index (χ1) is 9.69. The lowest BCUT2D eigenvalue weighted by molar-refractivity contribution is 0.0490. The van der Waals surface area contributed by atoms with Crippen molar-refractivity contribution in [2.45, 2.75) is 69.1 Å². The van der Waals surface area contributed by atoms with Crippen LogP contribution in [0.25, 0.3) is 0 Å². The third-order valence-electron chi connectivity index (χ3n) is 5.26. The quantitative estimate of drug-likeness (QED) is 0.813. The van der Waals surface area contributed by atoms with Crippen LogP contribution in [0.1, 0.15) is 44.9 Å². The molecule has 1 aliphatic carbocycles. The van der Waals surface area contributed by atoms with E-state index in [0.29, 0.717) is 30.7 Å². The van der Waals surface area contributed by atoms with Crippen molar-refractivity contribution >= 4 is 6.03 Å². The van der Waals surface area contributed by atoms with Gasteiger partial charge in [-0.1, -0.05) is 6.42 Å². The standard InChI is InChI=1S/C15H27N3O2/c1-17-13-3-2-4-14(17)10-11(9-13)16-15(20)18(7-8-19)12-5-6-12/h11-14,19H,2-10H2,1H3,(H,16,20). The van der Waals surface area contributed by atoms with E-state index in [1.54, 1.807) is 0 Å². The van der Waals surface area contributed by atoms with Crippen molar-refractivity contribution in [1.29, 1.82) is 0 Å². The van der Waals surface area contributed by atoms with Crippen LogP contribution in [0.15, 0.2) is 0 Å². The second-order valence-electron chi connectivity index (χ2n) is 6.67. The van der Waals surface area contributed by atoms with E-state index in [2.05, 4.69) is 17.3 Å². The summed E-state index contributed by atoms with van der Waals surface area (Å²) in [6.45, 7) is 0.526. The van der Waals surface area contributed by atoms with E-state index in [9.17, 15) is 4.79 Å². The molecule has 3 rings (SSSR count). The number of amides is 2. The molecule has 2 unspecified atom stereocenters. The van der Waals surface area contributed by atoms with Crippen molar-refractivity contribution in [1.82, 2.24) is 15.1 Å². The minimum absolute atomic E-state index is 0.0363. The maximum Gasteiger partial charge on any atom is 0.317 e. The molecule has 0 spiro atoms. The van der Waals surface area contributed by atoms with Gasteiger partial charge in [0.1, 0.15) is 0 Å². The summed E-state index contributed by atoms with van der Waals surface area (Å²) in [5.41, 5.74) is 0. The van der Waals surface area contributed by atoms with Crippen LogP contribution in [0.2, 0.25) is 0 Å². The lowest BCUT2D eigenvalue weighted by Crippen LogP contribution is -2.57. The van der Waals surface area contributed by atoms with Crippen LogP contribution in [0.4, 0.5) is 4.79 Å². The van der Waals surface area contributed by atoms with E-state index in [-0.39, 0.29) is 12.6 Å². The number of nitrogens with zero attached hydrogens (tertiary/aromatic N) is 2. The van der Waals surface area contributed by atoms with Gasteiger partial charge >= 0.3 is 6.03 Å². The molecule has 2 atom stereocenters. The predicted molar refractivity (Wildman–Crippen MR) is 77.6 cm³/mol. The second-order valence-corrected chi connectivity index (χ2v) is 6.67. The molecule has 2 aliphatic heterocycles. The summed E-state index contributed by atoms with van der Waals surface area (Å²) in [4.78, 5) is 16.7. The molecule has 0 aromatic carbocycles. The molecule has 1 saturated carbocycles. The molecule has 2 N–H and O–H groups in total. The van der Waals surface area contributed by atoms with Gasteiger partial charge in [-0.25, -0.2) is 4.79 Å². The zero-order valence-electron chi connectivity index (χ0n) is 12.4. The normalized spacial score (nSPS) is 33.8. The lowest BCUT2D eigenvalue weighted by Gasteiger charge is -2.47. The Morgan fingerprint density at radius 2 is 1.90 bits per heavy atom. The van der Waals surface area contributed by atoms with Crippen LogP contribution in [-0.4, -0.2) is 65.3 Å². The Balaban J connectivity index is 1.56. The number of hydrogen-bond acceptors (Lipinski definition) is 3. The fourth-order valence-corrected chi connectivity index (χ4v) is 3.94. The molecule has 2 saturated heterocycles. The van der Waals surface area contributed by atoms with Gasteiger partial charge in [0.15, 0.2) is 0 Å². The van der Waals surface area contributed by atoms with Crippen molar-refractivity contribution in [3.63, 3.8) is 0 Å². The van der Waals surface area contributed by atoms with Gasteiger partial charge in [-0.3, -0.25) is 0 Å². The van der Waals surface area contributed by atoms with E-state index in [1.807, 2.05) is 4.90 Å². The number of carbonyl (C=O) groups is 1. The lowest BCUT2D eigenvalue weighted by atomic mass is 9.82. The number of aliphatic hydroxyl groups is 1. The van der Waals surface area contributed by atoms with Gasteiger partial charge in [0.2, 0.25) is 0 Å². The Labute approximate surface area is 121 Å². The summed E-state index contributed by atoms with van der Waals surface area (Å²) in [5.74, 6) is 0. The van der Waals surface area contributed by atoms with Crippen LogP contribution in [0.3, 0.4) is 0 Å². The predicted octanol–water partition coefficient (Wildman–Crippen LogP) is 1.17. The van der Waals surface area contributed by atoms with Crippen LogP contribution in [0, 0.1) is 0 Å². The van der Waals surface area contributed by atoms with Crippen molar-refractivity contribution in [3.8, 4) is 0 Å². The van der Waals surface area contributed by atoms with Crippen LogP contribution < -0.4 is 5.32 Å². The first-order valence-electron chi connectivity index (χ1n) is 8.09. The Morgan fingerprint density at radius 3 is 2.45 bits per heavy atom. The molecule has 2 heterocycles. The van der Waals surface area contributed by atoms with Gasteiger partial charge in [-0.05, 0) is 45.6 Å². The van der Waals surface area contributed by atoms with Gasteiger partial charge in [0.05, 0.1) is 6.61 Å². The second kappa shape index (κ2) is 5.90. The average Bonchev–Trinajstić information content (AvgIpc) is 3.21. The molecular formula is C15H27N3O2. The molecule has 2 amide bonds. The van der Waals surface area contributed by atoms with E-state index in [1.165, 1.54) is 19.3 Å². The molecule has 0 radical (unpaired) electrons. The zero-order valence-corrected chi connectivity index (χ0v) is 12.4. The number of rotatable bonds is 4. The van der Waals surface area contributed by atoms with Crippen LogP contribution >= 0.6 is 0 Å². The summed E-state index contributed by atoms with van der Waals surface area (Å²) in [6, 6.07) is 2.00. The topological polar surface area (TPSA) is 55.8 Å². The maximum atomic E-state index is 12.4. The highest BCUT2D eigenvalue weighted by molar-refractivity contribution is 5.75. The number of aliphatic hydroxyl groups excluding tert-OH is 1. The molecule has 2 bridgehead atoms. The van der Waals surface area contributed by atoms with Crippen molar-refractivity contribution in [3.05, 3.63) is 0 Å². The number of carbonyl (C=O) groups excluding carboxylic acids is 1. The third-order valence-corrected chi connectivity index (χ3v) is 5.26. The summed E-state index contributed by atoms with van der Waals surface area (Å²) >= 11 is 0. The average molecular weight is 281 g/mol. The molecule has 0 aromatic heterocycles. The van der Waals surface area contributed by atoms with Gasteiger partial charge in [-0.2, -0.15) is 0 Å². The Hall–Kier alpha value is -0.810. The van der Waals surface area contributed by atoms with Crippen LogP contribution in [-0.2, 0) is 0 Å². The summed E-state index contributed by atoms with van der Waals surface area (Å²) in [6.07, 6.45) is 8.20.